The summed E-state index contributed by atoms with van der Waals surface area (Å²) in [5.41, 5.74) is 1.90. The highest BCUT2D eigenvalue weighted by Gasteiger charge is 2.22. The molecule has 1 unspecified atom stereocenters. The summed E-state index contributed by atoms with van der Waals surface area (Å²) < 4.78 is 18.5. The summed E-state index contributed by atoms with van der Waals surface area (Å²) in [5.74, 6) is 0.572. The summed E-state index contributed by atoms with van der Waals surface area (Å²) in [6.07, 6.45) is 0.00278. The SMILES string of the molecule is CN=C(NCC(C)(C)c1ccc(F)cc1)N(C)Cc1csc(C(C)OC)n1.I. The number of halogens is 2. The molecular formula is C20H30FIN4OS. The van der Waals surface area contributed by atoms with Crippen LogP contribution in [0.4, 0.5) is 4.39 Å². The van der Waals surface area contributed by atoms with Crippen molar-refractivity contribution >= 4 is 41.3 Å². The quantitative estimate of drug-likeness (QED) is 0.330. The summed E-state index contributed by atoms with van der Waals surface area (Å²) in [5, 5.41) is 6.44. The number of thiazole rings is 1. The second-order valence-corrected chi connectivity index (χ2v) is 8.09. The predicted octanol–water partition coefficient (Wildman–Crippen LogP) is 4.59. The van der Waals surface area contributed by atoms with Gasteiger partial charge in [0.1, 0.15) is 16.9 Å². The van der Waals surface area contributed by atoms with Crippen molar-refractivity contribution in [1.29, 1.82) is 0 Å². The molecule has 0 fully saturated rings. The first-order valence-electron chi connectivity index (χ1n) is 8.91. The Kier molecular flexibility index (Phi) is 9.79. The van der Waals surface area contributed by atoms with Gasteiger partial charge in [0.2, 0.25) is 0 Å². The largest absolute Gasteiger partial charge is 0.375 e. The molecule has 0 aliphatic rings. The van der Waals surface area contributed by atoms with E-state index in [4.69, 9.17) is 4.74 Å². The van der Waals surface area contributed by atoms with Crippen molar-refractivity contribution in [2.24, 2.45) is 4.99 Å². The van der Waals surface area contributed by atoms with Crippen molar-refractivity contribution < 1.29 is 9.13 Å². The average Bonchev–Trinajstić information content (AvgIpc) is 3.10. The summed E-state index contributed by atoms with van der Waals surface area (Å²) >= 11 is 1.61. The van der Waals surface area contributed by atoms with Crippen LogP contribution in [0.5, 0.6) is 0 Å². The Balaban J connectivity index is 0.00000392. The molecule has 8 heteroatoms. The monoisotopic (exact) mass is 520 g/mol. The molecule has 1 heterocycles. The van der Waals surface area contributed by atoms with Crippen LogP contribution in [-0.4, -0.2) is 43.6 Å². The van der Waals surface area contributed by atoms with Gasteiger partial charge < -0.3 is 15.0 Å². The van der Waals surface area contributed by atoms with Crippen LogP contribution < -0.4 is 5.32 Å². The van der Waals surface area contributed by atoms with Crippen LogP contribution in [0.1, 0.15) is 43.1 Å². The summed E-state index contributed by atoms with van der Waals surface area (Å²) in [6, 6.07) is 6.66. The number of aromatic nitrogens is 1. The lowest BCUT2D eigenvalue weighted by Gasteiger charge is -2.29. The number of hydrogen-bond donors (Lipinski definition) is 1. The molecule has 0 saturated heterocycles. The minimum atomic E-state index is -0.219. The first-order chi connectivity index (χ1) is 12.8. The zero-order valence-electron chi connectivity index (χ0n) is 17.3. The molecule has 1 atom stereocenters. The maximum absolute atomic E-state index is 13.2. The van der Waals surface area contributed by atoms with E-state index in [2.05, 4.69) is 34.5 Å². The molecule has 0 saturated carbocycles. The number of ether oxygens (including phenoxy) is 1. The van der Waals surface area contributed by atoms with E-state index in [9.17, 15) is 4.39 Å². The summed E-state index contributed by atoms with van der Waals surface area (Å²) in [7, 11) is 5.44. The van der Waals surface area contributed by atoms with Crippen LogP contribution in [0.3, 0.4) is 0 Å². The van der Waals surface area contributed by atoms with E-state index in [0.29, 0.717) is 13.1 Å². The summed E-state index contributed by atoms with van der Waals surface area (Å²) in [4.78, 5) is 11.1. The van der Waals surface area contributed by atoms with Crippen LogP contribution >= 0.6 is 35.3 Å². The Hall–Kier alpha value is -1.26. The van der Waals surface area contributed by atoms with Crippen LogP contribution in [-0.2, 0) is 16.7 Å². The van der Waals surface area contributed by atoms with Gasteiger partial charge in [-0.1, -0.05) is 26.0 Å². The van der Waals surface area contributed by atoms with Crippen LogP contribution in [0.2, 0.25) is 0 Å². The molecule has 0 bridgehead atoms. The average molecular weight is 520 g/mol. The highest BCUT2D eigenvalue weighted by Crippen LogP contribution is 2.23. The second kappa shape index (κ2) is 11.1. The lowest BCUT2D eigenvalue weighted by Crippen LogP contribution is -2.44. The predicted molar refractivity (Wildman–Crippen MR) is 125 cm³/mol. The van der Waals surface area contributed by atoms with Crippen LogP contribution in [0.15, 0.2) is 34.6 Å². The zero-order valence-corrected chi connectivity index (χ0v) is 20.5. The fourth-order valence-corrected chi connectivity index (χ4v) is 3.53. The third-order valence-electron chi connectivity index (χ3n) is 4.56. The molecule has 0 aliphatic carbocycles. The maximum Gasteiger partial charge on any atom is 0.193 e. The van der Waals surface area contributed by atoms with E-state index in [0.717, 1.165) is 22.2 Å². The molecule has 1 N–H and O–H groups in total. The van der Waals surface area contributed by atoms with Gasteiger partial charge >= 0.3 is 0 Å². The zero-order chi connectivity index (χ0) is 20.0. The number of rotatable bonds is 7. The fraction of sp³-hybridized carbons (Fsp3) is 0.500. The highest BCUT2D eigenvalue weighted by atomic mass is 127. The van der Waals surface area contributed by atoms with E-state index < -0.39 is 0 Å². The molecule has 1 aromatic heterocycles. The minimum Gasteiger partial charge on any atom is -0.375 e. The smallest absolute Gasteiger partial charge is 0.193 e. The minimum absolute atomic E-state index is 0. The Morgan fingerprint density at radius 1 is 1.36 bits per heavy atom. The number of hydrogen-bond acceptors (Lipinski definition) is 4. The standard InChI is InChI=1S/C20H29FN4OS.HI/c1-14(26-6)18-24-17(12-27-18)11-25(5)19(22-4)23-13-20(2,3)15-7-9-16(21)10-8-15;/h7-10,12,14H,11,13H2,1-6H3,(H,22,23);1H. The lowest BCUT2D eigenvalue weighted by atomic mass is 9.84. The van der Waals surface area contributed by atoms with Gasteiger partial charge in [0.25, 0.3) is 0 Å². The lowest BCUT2D eigenvalue weighted by molar-refractivity contribution is 0.119. The van der Waals surface area contributed by atoms with Gasteiger partial charge in [0.15, 0.2) is 5.96 Å². The maximum atomic E-state index is 13.2. The van der Waals surface area contributed by atoms with Gasteiger partial charge in [-0.3, -0.25) is 4.99 Å². The van der Waals surface area contributed by atoms with Crippen molar-refractivity contribution in [3.05, 3.63) is 51.7 Å². The number of benzene rings is 1. The van der Waals surface area contributed by atoms with E-state index in [1.165, 1.54) is 12.1 Å². The summed E-state index contributed by atoms with van der Waals surface area (Å²) in [6.45, 7) is 7.57. The van der Waals surface area contributed by atoms with Gasteiger partial charge in [0, 0.05) is 38.5 Å². The topological polar surface area (TPSA) is 49.8 Å². The van der Waals surface area contributed by atoms with E-state index >= 15 is 0 Å². The Bertz CT molecular complexity index is 764. The molecule has 0 spiro atoms. The highest BCUT2D eigenvalue weighted by molar-refractivity contribution is 14.0. The van der Waals surface area contributed by atoms with Gasteiger partial charge in [-0.05, 0) is 24.6 Å². The number of methoxy groups -OCH3 is 1. The Morgan fingerprint density at radius 3 is 2.57 bits per heavy atom. The van der Waals surface area contributed by atoms with Crippen molar-refractivity contribution in [3.63, 3.8) is 0 Å². The van der Waals surface area contributed by atoms with Crippen LogP contribution in [0.25, 0.3) is 0 Å². The van der Waals surface area contributed by atoms with Crippen molar-refractivity contribution in [2.45, 2.75) is 38.8 Å². The van der Waals surface area contributed by atoms with E-state index in [1.807, 2.05) is 31.0 Å². The normalized spacial score (nSPS) is 13.0. The molecule has 2 rings (SSSR count). The third kappa shape index (κ3) is 6.66. The molecule has 156 valence electrons. The molecule has 28 heavy (non-hydrogen) atoms. The van der Waals surface area contributed by atoms with Crippen molar-refractivity contribution in [3.8, 4) is 0 Å². The molecule has 0 aliphatic heterocycles. The molecule has 5 nitrogen and oxygen atoms in total. The first-order valence-corrected chi connectivity index (χ1v) is 9.79. The number of aliphatic imine (C=N–C) groups is 1. The van der Waals surface area contributed by atoms with Crippen molar-refractivity contribution in [1.82, 2.24) is 15.2 Å². The Labute approximate surface area is 188 Å². The van der Waals surface area contributed by atoms with Gasteiger partial charge in [-0.25, -0.2) is 9.37 Å². The van der Waals surface area contributed by atoms with E-state index in [-0.39, 0.29) is 41.3 Å². The van der Waals surface area contributed by atoms with E-state index in [1.54, 1.807) is 25.5 Å². The first kappa shape index (κ1) is 24.8. The molecule has 0 radical (unpaired) electrons. The number of nitrogens with zero attached hydrogens (tertiary/aromatic N) is 3. The Morgan fingerprint density at radius 2 is 2.00 bits per heavy atom. The van der Waals surface area contributed by atoms with Crippen LogP contribution in [0, 0.1) is 5.82 Å². The fourth-order valence-electron chi connectivity index (χ4n) is 2.69. The van der Waals surface area contributed by atoms with Gasteiger partial charge in [-0.2, -0.15) is 0 Å². The second-order valence-electron chi connectivity index (χ2n) is 7.20. The number of nitrogens with one attached hydrogen (secondary N) is 1. The van der Waals surface area contributed by atoms with Gasteiger partial charge in [0.05, 0.1) is 12.2 Å². The molecule has 2 aromatic rings. The van der Waals surface area contributed by atoms with Crippen molar-refractivity contribution in [2.75, 3.05) is 27.7 Å². The van der Waals surface area contributed by atoms with Gasteiger partial charge in [-0.15, -0.1) is 35.3 Å². The third-order valence-corrected chi connectivity index (χ3v) is 5.61. The molecular weight excluding hydrogens is 490 g/mol. The molecule has 0 amide bonds. The molecule has 1 aromatic carbocycles. The number of guanidine groups is 1.